The molecule has 0 heterocycles. The van der Waals surface area contributed by atoms with Crippen LogP contribution in [-0.4, -0.2) is 0 Å². The molecule has 0 aromatic heterocycles. The van der Waals surface area contributed by atoms with Gasteiger partial charge < -0.3 is 5.32 Å². The molecule has 0 unspecified atom stereocenters. The molecular formula is C13H8Cl3F2N. The standard InChI is InChI=1S/C13H8Cl3F2N/c14-9-2-1-3-10(15)8(9)6-19-13-11(16)4-7(17)5-12(13)18/h1-5,19H,6H2. The maximum Gasteiger partial charge on any atom is 0.150 e. The monoisotopic (exact) mass is 321 g/mol. The fraction of sp³-hybridized carbons (Fsp3) is 0.0769. The molecule has 0 atom stereocenters. The van der Waals surface area contributed by atoms with Crippen LogP contribution in [0.25, 0.3) is 0 Å². The summed E-state index contributed by atoms with van der Waals surface area (Å²) in [6, 6.07) is 6.84. The first-order valence-electron chi connectivity index (χ1n) is 5.30. The predicted octanol–water partition coefficient (Wildman–Crippen LogP) is 5.54. The third-order valence-electron chi connectivity index (χ3n) is 2.51. The summed E-state index contributed by atoms with van der Waals surface area (Å²) < 4.78 is 26.5. The summed E-state index contributed by atoms with van der Waals surface area (Å²) in [4.78, 5) is 0. The molecule has 0 bridgehead atoms. The van der Waals surface area contributed by atoms with Crippen LogP contribution in [0.5, 0.6) is 0 Å². The van der Waals surface area contributed by atoms with Crippen LogP contribution in [0.1, 0.15) is 5.56 Å². The van der Waals surface area contributed by atoms with Crippen molar-refractivity contribution >= 4 is 40.5 Å². The summed E-state index contributed by atoms with van der Waals surface area (Å²) in [7, 11) is 0. The van der Waals surface area contributed by atoms with E-state index in [9.17, 15) is 8.78 Å². The van der Waals surface area contributed by atoms with Gasteiger partial charge >= 0.3 is 0 Å². The number of anilines is 1. The molecule has 0 fully saturated rings. The summed E-state index contributed by atoms with van der Waals surface area (Å²) in [5.41, 5.74) is 0.629. The van der Waals surface area contributed by atoms with Crippen molar-refractivity contribution in [1.82, 2.24) is 0 Å². The van der Waals surface area contributed by atoms with Crippen LogP contribution in [0.2, 0.25) is 15.1 Å². The SMILES string of the molecule is Fc1cc(F)c(NCc2c(Cl)cccc2Cl)c(Cl)c1. The van der Waals surface area contributed by atoms with Crippen molar-refractivity contribution in [3.8, 4) is 0 Å². The van der Waals surface area contributed by atoms with Gasteiger partial charge in [-0.05, 0) is 18.2 Å². The van der Waals surface area contributed by atoms with Gasteiger partial charge in [-0.15, -0.1) is 0 Å². The van der Waals surface area contributed by atoms with Gasteiger partial charge in [-0.1, -0.05) is 40.9 Å². The molecule has 6 heteroatoms. The molecule has 0 saturated carbocycles. The summed E-state index contributed by atoms with van der Waals surface area (Å²) in [6.07, 6.45) is 0. The average Bonchev–Trinajstić information content (AvgIpc) is 2.31. The lowest BCUT2D eigenvalue weighted by Gasteiger charge is -2.12. The second-order valence-corrected chi connectivity index (χ2v) is 5.02. The molecular weight excluding hydrogens is 315 g/mol. The first-order valence-corrected chi connectivity index (χ1v) is 6.43. The number of hydrogen-bond acceptors (Lipinski definition) is 1. The minimum Gasteiger partial charge on any atom is -0.377 e. The zero-order chi connectivity index (χ0) is 14.0. The molecule has 0 aliphatic carbocycles. The summed E-state index contributed by atoms with van der Waals surface area (Å²) >= 11 is 17.8. The summed E-state index contributed by atoms with van der Waals surface area (Å²) in [6.45, 7) is 0.181. The fourth-order valence-corrected chi connectivity index (χ4v) is 2.38. The van der Waals surface area contributed by atoms with E-state index in [0.717, 1.165) is 12.1 Å². The van der Waals surface area contributed by atoms with E-state index in [1.54, 1.807) is 18.2 Å². The number of nitrogens with one attached hydrogen (secondary N) is 1. The molecule has 0 aliphatic rings. The van der Waals surface area contributed by atoms with E-state index in [4.69, 9.17) is 34.8 Å². The topological polar surface area (TPSA) is 12.0 Å². The Labute approximate surface area is 124 Å². The Balaban J connectivity index is 2.24. The van der Waals surface area contributed by atoms with Crippen molar-refractivity contribution in [2.45, 2.75) is 6.54 Å². The molecule has 0 saturated heterocycles. The van der Waals surface area contributed by atoms with Gasteiger partial charge in [-0.25, -0.2) is 8.78 Å². The zero-order valence-electron chi connectivity index (χ0n) is 9.48. The molecule has 2 aromatic carbocycles. The minimum atomic E-state index is -0.770. The van der Waals surface area contributed by atoms with Gasteiger partial charge in [0.05, 0.1) is 10.7 Å². The smallest absolute Gasteiger partial charge is 0.150 e. The molecule has 0 amide bonds. The van der Waals surface area contributed by atoms with Crippen LogP contribution in [-0.2, 0) is 6.54 Å². The van der Waals surface area contributed by atoms with Crippen LogP contribution in [0.15, 0.2) is 30.3 Å². The second-order valence-electron chi connectivity index (χ2n) is 3.80. The lowest BCUT2D eigenvalue weighted by atomic mass is 10.2. The van der Waals surface area contributed by atoms with Gasteiger partial charge in [0.15, 0.2) is 5.82 Å². The normalized spacial score (nSPS) is 10.6. The van der Waals surface area contributed by atoms with Gasteiger partial charge in [0.1, 0.15) is 5.82 Å². The average molecular weight is 323 g/mol. The molecule has 100 valence electrons. The molecule has 1 N–H and O–H groups in total. The van der Waals surface area contributed by atoms with E-state index in [1.165, 1.54) is 0 Å². The van der Waals surface area contributed by atoms with Crippen LogP contribution < -0.4 is 5.32 Å². The highest BCUT2D eigenvalue weighted by molar-refractivity contribution is 6.36. The molecule has 2 rings (SSSR count). The van der Waals surface area contributed by atoms with Crippen molar-refractivity contribution in [2.75, 3.05) is 5.32 Å². The first-order chi connectivity index (χ1) is 8.99. The van der Waals surface area contributed by atoms with Gasteiger partial charge in [-0.2, -0.15) is 0 Å². The first kappa shape index (κ1) is 14.4. The van der Waals surface area contributed by atoms with Crippen molar-refractivity contribution in [2.24, 2.45) is 0 Å². The zero-order valence-corrected chi connectivity index (χ0v) is 11.8. The number of rotatable bonds is 3. The van der Waals surface area contributed by atoms with Crippen LogP contribution >= 0.6 is 34.8 Å². The van der Waals surface area contributed by atoms with Crippen molar-refractivity contribution in [3.05, 3.63) is 62.6 Å². The maximum atomic E-state index is 13.6. The number of hydrogen-bond donors (Lipinski definition) is 1. The van der Waals surface area contributed by atoms with E-state index < -0.39 is 11.6 Å². The Morgan fingerprint density at radius 2 is 1.58 bits per heavy atom. The van der Waals surface area contributed by atoms with Crippen LogP contribution in [0.4, 0.5) is 14.5 Å². The Morgan fingerprint density at radius 1 is 0.947 bits per heavy atom. The molecule has 0 radical (unpaired) electrons. The lowest BCUT2D eigenvalue weighted by molar-refractivity contribution is 0.585. The van der Waals surface area contributed by atoms with Crippen LogP contribution in [0, 0.1) is 11.6 Å². The molecule has 2 aromatic rings. The Hall–Kier alpha value is -1.03. The highest BCUT2D eigenvalue weighted by Gasteiger charge is 2.11. The van der Waals surface area contributed by atoms with E-state index in [0.29, 0.717) is 15.6 Å². The third kappa shape index (κ3) is 3.30. The fourth-order valence-electron chi connectivity index (χ4n) is 1.59. The van der Waals surface area contributed by atoms with Crippen molar-refractivity contribution < 1.29 is 8.78 Å². The van der Waals surface area contributed by atoms with Gasteiger partial charge in [0.25, 0.3) is 0 Å². The third-order valence-corrected chi connectivity index (χ3v) is 3.52. The van der Waals surface area contributed by atoms with E-state index in [2.05, 4.69) is 5.32 Å². The Morgan fingerprint density at radius 3 is 2.16 bits per heavy atom. The van der Waals surface area contributed by atoms with E-state index in [1.807, 2.05) is 0 Å². The molecule has 0 aliphatic heterocycles. The second kappa shape index (κ2) is 5.95. The summed E-state index contributed by atoms with van der Waals surface area (Å²) in [5.74, 6) is -1.50. The van der Waals surface area contributed by atoms with E-state index in [-0.39, 0.29) is 17.3 Å². The number of halogens is 5. The molecule has 19 heavy (non-hydrogen) atoms. The van der Waals surface area contributed by atoms with Crippen LogP contribution in [0.3, 0.4) is 0 Å². The highest BCUT2D eigenvalue weighted by atomic mass is 35.5. The molecule has 1 nitrogen and oxygen atoms in total. The lowest BCUT2D eigenvalue weighted by Crippen LogP contribution is -2.04. The van der Waals surface area contributed by atoms with Crippen molar-refractivity contribution in [3.63, 3.8) is 0 Å². The van der Waals surface area contributed by atoms with Gasteiger partial charge in [0.2, 0.25) is 0 Å². The quantitative estimate of drug-likeness (QED) is 0.782. The maximum absolute atomic E-state index is 13.6. The largest absolute Gasteiger partial charge is 0.377 e. The van der Waals surface area contributed by atoms with Gasteiger partial charge in [0, 0.05) is 28.2 Å². The predicted molar refractivity (Wildman–Crippen MR) is 75.2 cm³/mol. The number of benzene rings is 2. The Kier molecular flexibility index (Phi) is 4.50. The van der Waals surface area contributed by atoms with Gasteiger partial charge in [-0.3, -0.25) is 0 Å². The van der Waals surface area contributed by atoms with E-state index >= 15 is 0 Å². The Bertz CT molecular complexity index is 574. The minimum absolute atomic E-state index is 0.0130. The highest BCUT2D eigenvalue weighted by Crippen LogP contribution is 2.29. The van der Waals surface area contributed by atoms with Crippen molar-refractivity contribution in [1.29, 1.82) is 0 Å². The molecule has 0 spiro atoms. The summed E-state index contributed by atoms with van der Waals surface area (Å²) in [5, 5.41) is 3.64.